The Labute approximate surface area is 82.5 Å². The number of hydrogen-bond acceptors (Lipinski definition) is 3. The van der Waals surface area contributed by atoms with Crippen molar-refractivity contribution < 1.29 is 9.18 Å². The molecule has 0 saturated heterocycles. The van der Waals surface area contributed by atoms with E-state index in [2.05, 4.69) is 26.2 Å². The van der Waals surface area contributed by atoms with Crippen molar-refractivity contribution in [2.24, 2.45) is 0 Å². The van der Waals surface area contributed by atoms with E-state index in [0.717, 1.165) is 0 Å². The summed E-state index contributed by atoms with van der Waals surface area (Å²) >= 11 is 3.04. The summed E-state index contributed by atoms with van der Waals surface area (Å²) in [6.07, 6.45) is 1.21. The van der Waals surface area contributed by atoms with E-state index in [1.807, 2.05) is 0 Å². The molecular weight excluding hydrogens is 241 g/mol. The SMILES string of the molecule is CNC(=O)c1c(F)ncc(Br)c1N. The van der Waals surface area contributed by atoms with Gasteiger partial charge in [-0.05, 0) is 15.9 Å². The van der Waals surface area contributed by atoms with E-state index in [4.69, 9.17) is 5.73 Å². The number of nitrogens with two attached hydrogens (primary N) is 1. The highest BCUT2D eigenvalue weighted by molar-refractivity contribution is 9.10. The number of carbonyl (C=O) groups excluding carboxylic acids is 1. The number of nitrogen functional groups attached to an aromatic ring is 1. The fourth-order valence-corrected chi connectivity index (χ4v) is 1.12. The molecule has 0 aliphatic heterocycles. The van der Waals surface area contributed by atoms with Crippen LogP contribution in [0.15, 0.2) is 10.7 Å². The number of carbonyl (C=O) groups is 1. The lowest BCUT2D eigenvalue weighted by atomic mass is 10.2. The molecule has 1 rings (SSSR count). The van der Waals surface area contributed by atoms with E-state index in [1.165, 1.54) is 13.2 Å². The Kier molecular flexibility index (Phi) is 2.82. The third-order valence-corrected chi connectivity index (χ3v) is 2.11. The summed E-state index contributed by atoms with van der Waals surface area (Å²) in [7, 11) is 1.39. The standard InChI is InChI=1S/C7H7BrFN3O/c1-11-7(13)4-5(10)3(8)2-12-6(4)9/h2H,1H3,(H2,10,12)(H,11,13). The van der Waals surface area contributed by atoms with Gasteiger partial charge in [-0.3, -0.25) is 4.79 Å². The molecule has 0 atom stereocenters. The third kappa shape index (κ3) is 1.77. The maximum atomic E-state index is 13.0. The molecule has 1 heterocycles. The van der Waals surface area contributed by atoms with Gasteiger partial charge in [-0.15, -0.1) is 0 Å². The van der Waals surface area contributed by atoms with Crippen molar-refractivity contribution in [1.29, 1.82) is 0 Å². The number of nitrogens with one attached hydrogen (secondary N) is 1. The molecule has 1 aromatic rings. The van der Waals surface area contributed by atoms with Gasteiger partial charge in [0.05, 0.1) is 10.2 Å². The third-order valence-electron chi connectivity index (χ3n) is 1.48. The van der Waals surface area contributed by atoms with E-state index >= 15 is 0 Å². The number of pyridine rings is 1. The summed E-state index contributed by atoms with van der Waals surface area (Å²) in [6.45, 7) is 0. The first-order chi connectivity index (χ1) is 6.07. The Morgan fingerprint density at radius 2 is 2.38 bits per heavy atom. The van der Waals surface area contributed by atoms with Crippen LogP contribution < -0.4 is 11.1 Å². The van der Waals surface area contributed by atoms with E-state index in [1.54, 1.807) is 0 Å². The van der Waals surface area contributed by atoms with Crippen LogP contribution in [0, 0.1) is 5.95 Å². The van der Waals surface area contributed by atoms with Crippen LogP contribution in [0.25, 0.3) is 0 Å². The quantitative estimate of drug-likeness (QED) is 0.726. The minimum Gasteiger partial charge on any atom is -0.397 e. The zero-order valence-electron chi connectivity index (χ0n) is 6.77. The molecule has 70 valence electrons. The molecule has 6 heteroatoms. The molecule has 0 spiro atoms. The van der Waals surface area contributed by atoms with Crippen LogP contribution in [0.4, 0.5) is 10.1 Å². The van der Waals surface area contributed by atoms with Crippen molar-refractivity contribution in [3.63, 3.8) is 0 Å². The molecule has 0 aromatic carbocycles. The number of nitrogens with zero attached hydrogens (tertiary/aromatic N) is 1. The van der Waals surface area contributed by atoms with Crippen LogP contribution in [0.3, 0.4) is 0 Å². The van der Waals surface area contributed by atoms with Crippen LogP contribution in [-0.2, 0) is 0 Å². The lowest BCUT2D eigenvalue weighted by Crippen LogP contribution is -2.21. The average molecular weight is 248 g/mol. The Morgan fingerprint density at radius 3 is 2.92 bits per heavy atom. The minimum absolute atomic E-state index is 0.0480. The molecule has 0 saturated carbocycles. The zero-order valence-corrected chi connectivity index (χ0v) is 8.35. The van der Waals surface area contributed by atoms with Gasteiger partial charge in [0.25, 0.3) is 5.91 Å². The van der Waals surface area contributed by atoms with E-state index < -0.39 is 11.9 Å². The minimum atomic E-state index is -0.875. The van der Waals surface area contributed by atoms with Gasteiger partial charge in [-0.25, -0.2) is 4.98 Å². The lowest BCUT2D eigenvalue weighted by Gasteiger charge is -2.05. The fourth-order valence-electron chi connectivity index (χ4n) is 0.819. The van der Waals surface area contributed by atoms with Crippen LogP contribution in [0.1, 0.15) is 10.4 Å². The molecule has 0 bridgehead atoms. The summed E-state index contributed by atoms with van der Waals surface area (Å²) in [5.41, 5.74) is 5.28. The van der Waals surface area contributed by atoms with Gasteiger partial charge in [0.2, 0.25) is 5.95 Å². The zero-order chi connectivity index (χ0) is 10.0. The number of hydrogen-bond donors (Lipinski definition) is 2. The monoisotopic (exact) mass is 247 g/mol. The van der Waals surface area contributed by atoms with Crippen LogP contribution in [0.2, 0.25) is 0 Å². The molecule has 3 N–H and O–H groups in total. The van der Waals surface area contributed by atoms with Crippen molar-refractivity contribution in [3.8, 4) is 0 Å². The number of rotatable bonds is 1. The summed E-state index contributed by atoms with van der Waals surface area (Å²) in [5, 5.41) is 2.27. The second-order valence-electron chi connectivity index (χ2n) is 2.26. The Balaban J connectivity index is 3.33. The van der Waals surface area contributed by atoms with Gasteiger partial charge in [0.1, 0.15) is 5.56 Å². The number of amides is 1. The highest BCUT2D eigenvalue weighted by atomic mass is 79.9. The fraction of sp³-hybridized carbons (Fsp3) is 0.143. The molecule has 13 heavy (non-hydrogen) atoms. The first-order valence-electron chi connectivity index (χ1n) is 3.39. The van der Waals surface area contributed by atoms with Crippen LogP contribution in [-0.4, -0.2) is 17.9 Å². The highest BCUT2D eigenvalue weighted by Crippen LogP contribution is 2.23. The van der Waals surface area contributed by atoms with Gasteiger partial charge in [0, 0.05) is 13.2 Å². The van der Waals surface area contributed by atoms with E-state index in [9.17, 15) is 9.18 Å². The maximum Gasteiger partial charge on any atom is 0.257 e. The summed E-state index contributed by atoms with van der Waals surface area (Å²) in [4.78, 5) is 14.5. The Bertz CT molecular complexity index is 356. The predicted molar refractivity (Wildman–Crippen MR) is 49.7 cm³/mol. The Hall–Kier alpha value is -1.17. The van der Waals surface area contributed by atoms with Crippen molar-refractivity contribution in [3.05, 3.63) is 22.2 Å². The molecule has 0 aliphatic carbocycles. The van der Waals surface area contributed by atoms with Crippen molar-refractivity contribution >= 4 is 27.5 Å². The molecule has 0 radical (unpaired) electrons. The Morgan fingerprint density at radius 1 is 1.77 bits per heavy atom. The van der Waals surface area contributed by atoms with Crippen molar-refractivity contribution in [2.75, 3.05) is 12.8 Å². The largest absolute Gasteiger partial charge is 0.397 e. The smallest absolute Gasteiger partial charge is 0.257 e. The van der Waals surface area contributed by atoms with Gasteiger partial charge >= 0.3 is 0 Å². The van der Waals surface area contributed by atoms with Crippen LogP contribution >= 0.6 is 15.9 Å². The molecule has 0 unspecified atom stereocenters. The van der Waals surface area contributed by atoms with Gasteiger partial charge in [-0.1, -0.05) is 0 Å². The topological polar surface area (TPSA) is 68.0 Å². The van der Waals surface area contributed by atoms with E-state index in [-0.39, 0.29) is 11.3 Å². The molecule has 1 amide bonds. The summed E-state index contributed by atoms with van der Waals surface area (Å²) < 4.78 is 13.4. The average Bonchev–Trinajstić information content (AvgIpc) is 2.12. The normalized spacial score (nSPS) is 9.77. The predicted octanol–water partition coefficient (Wildman–Crippen LogP) is 0.925. The molecule has 4 nitrogen and oxygen atoms in total. The summed E-state index contributed by atoms with van der Waals surface area (Å²) in [5.74, 6) is -1.47. The number of aromatic nitrogens is 1. The summed E-state index contributed by atoms with van der Waals surface area (Å²) in [6, 6.07) is 0. The molecular formula is C7H7BrFN3O. The molecule has 0 aliphatic rings. The van der Waals surface area contributed by atoms with Crippen molar-refractivity contribution in [1.82, 2.24) is 10.3 Å². The lowest BCUT2D eigenvalue weighted by molar-refractivity contribution is 0.0959. The van der Waals surface area contributed by atoms with Gasteiger partial charge in [-0.2, -0.15) is 4.39 Å². The van der Waals surface area contributed by atoms with E-state index in [0.29, 0.717) is 4.47 Å². The highest BCUT2D eigenvalue weighted by Gasteiger charge is 2.17. The van der Waals surface area contributed by atoms with Gasteiger partial charge < -0.3 is 11.1 Å². The first-order valence-corrected chi connectivity index (χ1v) is 4.18. The van der Waals surface area contributed by atoms with Crippen LogP contribution in [0.5, 0.6) is 0 Å². The van der Waals surface area contributed by atoms with Gasteiger partial charge in [0.15, 0.2) is 0 Å². The van der Waals surface area contributed by atoms with Crippen molar-refractivity contribution in [2.45, 2.75) is 0 Å². The molecule has 0 fully saturated rings. The second kappa shape index (κ2) is 3.69. The first kappa shape index (κ1) is 9.91. The number of anilines is 1. The molecule has 1 aromatic heterocycles. The number of halogens is 2. The maximum absolute atomic E-state index is 13.0. The second-order valence-corrected chi connectivity index (χ2v) is 3.12.